The number of nitriles is 1. The SMILES string of the molecule is N#Cc1ccc(Cn2ccc3ccc(C(=O)NCc4ccncc4)cc3c2=O)cc1. The Bertz CT molecular complexity index is 1300. The number of nitrogens with one attached hydrogen (secondary N) is 1. The van der Waals surface area contributed by atoms with Crippen molar-refractivity contribution in [3.8, 4) is 6.07 Å². The monoisotopic (exact) mass is 394 g/mol. The Balaban J connectivity index is 1.58. The molecule has 1 N–H and O–H groups in total. The van der Waals surface area contributed by atoms with Crippen LogP contribution in [0.3, 0.4) is 0 Å². The van der Waals surface area contributed by atoms with Gasteiger partial charge >= 0.3 is 0 Å². The van der Waals surface area contributed by atoms with Gasteiger partial charge < -0.3 is 9.88 Å². The summed E-state index contributed by atoms with van der Waals surface area (Å²) in [5.41, 5.74) is 2.71. The number of hydrogen-bond donors (Lipinski definition) is 1. The molecule has 0 saturated carbocycles. The first-order valence-electron chi connectivity index (χ1n) is 9.43. The van der Waals surface area contributed by atoms with E-state index in [1.165, 1.54) is 0 Å². The summed E-state index contributed by atoms with van der Waals surface area (Å²) in [6.07, 6.45) is 5.09. The van der Waals surface area contributed by atoms with Crippen LogP contribution in [0.4, 0.5) is 0 Å². The minimum atomic E-state index is -0.240. The molecule has 30 heavy (non-hydrogen) atoms. The van der Waals surface area contributed by atoms with Gasteiger partial charge in [0.05, 0.1) is 18.2 Å². The van der Waals surface area contributed by atoms with Gasteiger partial charge in [0, 0.05) is 36.1 Å². The molecule has 2 heterocycles. The van der Waals surface area contributed by atoms with Crippen molar-refractivity contribution in [1.82, 2.24) is 14.9 Å². The quantitative estimate of drug-likeness (QED) is 0.563. The van der Waals surface area contributed by atoms with Crippen LogP contribution >= 0.6 is 0 Å². The van der Waals surface area contributed by atoms with E-state index in [4.69, 9.17) is 5.26 Å². The van der Waals surface area contributed by atoms with Crippen molar-refractivity contribution in [3.63, 3.8) is 0 Å². The van der Waals surface area contributed by atoms with Crippen LogP contribution in [0.5, 0.6) is 0 Å². The minimum Gasteiger partial charge on any atom is -0.348 e. The number of amides is 1. The molecule has 4 aromatic rings. The number of carbonyl (C=O) groups is 1. The molecule has 0 saturated heterocycles. The average Bonchev–Trinajstić information content (AvgIpc) is 2.80. The molecule has 4 rings (SSSR count). The van der Waals surface area contributed by atoms with Gasteiger partial charge in [0.25, 0.3) is 11.5 Å². The fourth-order valence-corrected chi connectivity index (χ4v) is 3.21. The third kappa shape index (κ3) is 4.10. The fraction of sp³-hybridized carbons (Fsp3) is 0.0833. The second-order valence-electron chi connectivity index (χ2n) is 6.90. The molecule has 6 nitrogen and oxygen atoms in total. The van der Waals surface area contributed by atoms with Gasteiger partial charge in [0.15, 0.2) is 0 Å². The predicted octanol–water partition coefficient (Wildman–Crippen LogP) is 3.25. The molecule has 6 heteroatoms. The van der Waals surface area contributed by atoms with Crippen molar-refractivity contribution >= 4 is 16.7 Å². The summed E-state index contributed by atoms with van der Waals surface area (Å²) in [7, 11) is 0. The molecule has 0 bridgehead atoms. The van der Waals surface area contributed by atoms with Crippen molar-refractivity contribution in [2.24, 2.45) is 0 Å². The van der Waals surface area contributed by atoms with Crippen LogP contribution in [0.1, 0.15) is 27.0 Å². The first-order valence-corrected chi connectivity index (χ1v) is 9.43. The third-order valence-corrected chi connectivity index (χ3v) is 4.88. The molecule has 0 spiro atoms. The highest BCUT2D eigenvalue weighted by atomic mass is 16.1. The van der Waals surface area contributed by atoms with Gasteiger partial charge in [0.2, 0.25) is 0 Å². The molecular formula is C24H18N4O2. The summed E-state index contributed by atoms with van der Waals surface area (Å²) in [4.78, 5) is 29.5. The highest BCUT2D eigenvalue weighted by molar-refractivity contribution is 5.98. The smallest absolute Gasteiger partial charge is 0.258 e. The number of carbonyl (C=O) groups excluding carboxylic acids is 1. The molecular weight excluding hydrogens is 376 g/mol. The van der Waals surface area contributed by atoms with E-state index in [1.807, 2.05) is 30.3 Å². The van der Waals surface area contributed by atoms with Crippen molar-refractivity contribution in [1.29, 1.82) is 5.26 Å². The number of nitrogens with zero attached hydrogens (tertiary/aromatic N) is 3. The lowest BCUT2D eigenvalue weighted by atomic mass is 10.1. The van der Waals surface area contributed by atoms with E-state index in [-0.39, 0.29) is 11.5 Å². The van der Waals surface area contributed by atoms with E-state index in [9.17, 15) is 9.59 Å². The van der Waals surface area contributed by atoms with Gasteiger partial charge in [-0.15, -0.1) is 0 Å². The Morgan fingerprint density at radius 3 is 2.50 bits per heavy atom. The van der Waals surface area contributed by atoms with E-state index in [0.717, 1.165) is 16.5 Å². The molecule has 146 valence electrons. The first-order chi connectivity index (χ1) is 14.6. The molecule has 0 fully saturated rings. The zero-order valence-corrected chi connectivity index (χ0v) is 16.1. The van der Waals surface area contributed by atoms with Crippen LogP contribution in [-0.2, 0) is 13.1 Å². The van der Waals surface area contributed by atoms with Crippen LogP contribution in [0.15, 0.2) is 84.0 Å². The fourth-order valence-electron chi connectivity index (χ4n) is 3.21. The van der Waals surface area contributed by atoms with Crippen LogP contribution in [0, 0.1) is 11.3 Å². The van der Waals surface area contributed by atoms with Crippen molar-refractivity contribution in [2.75, 3.05) is 0 Å². The summed E-state index contributed by atoms with van der Waals surface area (Å²) in [5.74, 6) is -0.240. The number of aromatic nitrogens is 2. The maximum absolute atomic E-state index is 13.0. The Labute approximate surface area is 173 Å². The van der Waals surface area contributed by atoms with E-state index in [2.05, 4.69) is 16.4 Å². The van der Waals surface area contributed by atoms with Gasteiger partial charge in [0.1, 0.15) is 0 Å². The van der Waals surface area contributed by atoms with Crippen LogP contribution in [0.25, 0.3) is 10.8 Å². The zero-order chi connectivity index (χ0) is 20.9. The van der Waals surface area contributed by atoms with Gasteiger partial charge in [-0.3, -0.25) is 14.6 Å². The van der Waals surface area contributed by atoms with Crippen molar-refractivity contribution < 1.29 is 4.79 Å². The minimum absolute atomic E-state index is 0.166. The standard InChI is InChI=1S/C24H18N4O2/c25-14-17-1-3-19(4-2-17)16-28-12-9-20-5-6-21(13-22(20)24(28)30)23(29)27-15-18-7-10-26-11-8-18/h1-13H,15-16H2,(H,27,29). The molecule has 0 aliphatic carbocycles. The zero-order valence-electron chi connectivity index (χ0n) is 16.1. The highest BCUT2D eigenvalue weighted by Crippen LogP contribution is 2.14. The average molecular weight is 394 g/mol. The second-order valence-corrected chi connectivity index (χ2v) is 6.90. The molecule has 0 aliphatic rings. The van der Waals surface area contributed by atoms with E-state index >= 15 is 0 Å². The summed E-state index contributed by atoms with van der Waals surface area (Å²) >= 11 is 0. The van der Waals surface area contributed by atoms with Gasteiger partial charge in [-0.2, -0.15) is 5.26 Å². The number of fused-ring (bicyclic) bond motifs is 1. The lowest BCUT2D eigenvalue weighted by molar-refractivity contribution is 0.0951. The van der Waals surface area contributed by atoms with Gasteiger partial charge in [-0.1, -0.05) is 18.2 Å². The Kier molecular flexibility index (Phi) is 5.35. The van der Waals surface area contributed by atoms with E-state index < -0.39 is 0 Å². The topological polar surface area (TPSA) is 87.8 Å². The van der Waals surface area contributed by atoms with Crippen molar-refractivity contribution in [3.05, 3.63) is 112 Å². The molecule has 0 aliphatic heterocycles. The van der Waals surface area contributed by atoms with Gasteiger partial charge in [-0.05, 0) is 59.0 Å². The molecule has 2 aromatic carbocycles. The Morgan fingerprint density at radius 1 is 1.00 bits per heavy atom. The predicted molar refractivity (Wildman–Crippen MR) is 114 cm³/mol. The molecule has 0 unspecified atom stereocenters. The molecule has 0 radical (unpaired) electrons. The molecule has 1 amide bonds. The van der Waals surface area contributed by atoms with Crippen molar-refractivity contribution in [2.45, 2.75) is 13.1 Å². The maximum atomic E-state index is 13.0. The Morgan fingerprint density at radius 2 is 1.77 bits per heavy atom. The number of hydrogen-bond acceptors (Lipinski definition) is 4. The summed E-state index contributed by atoms with van der Waals surface area (Å²) in [5, 5.41) is 13.0. The Hall–Kier alpha value is -4.24. The summed E-state index contributed by atoms with van der Waals surface area (Å²) < 4.78 is 1.60. The maximum Gasteiger partial charge on any atom is 0.258 e. The van der Waals surface area contributed by atoms with Crippen LogP contribution < -0.4 is 10.9 Å². The van der Waals surface area contributed by atoms with E-state index in [1.54, 1.807) is 53.5 Å². The second kappa shape index (κ2) is 8.41. The lowest BCUT2D eigenvalue weighted by Gasteiger charge is -2.09. The lowest BCUT2D eigenvalue weighted by Crippen LogP contribution is -2.24. The number of benzene rings is 2. The van der Waals surface area contributed by atoms with Crippen LogP contribution in [-0.4, -0.2) is 15.5 Å². The normalized spacial score (nSPS) is 10.5. The summed E-state index contributed by atoms with van der Waals surface area (Å²) in [6, 6.07) is 19.9. The highest BCUT2D eigenvalue weighted by Gasteiger charge is 2.10. The first kappa shape index (κ1) is 19.1. The van der Waals surface area contributed by atoms with Gasteiger partial charge in [-0.25, -0.2) is 0 Å². The van der Waals surface area contributed by atoms with E-state index in [0.29, 0.717) is 29.6 Å². The molecule has 2 aromatic heterocycles. The number of rotatable bonds is 5. The van der Waals surface area contributed by atoms with Crippen LogP contribution in [0.2, 0.25) is 0 Å². The molecule has 0 atom stereocenters. The number of pyridine rings is 2. The third-order valence-electron chi connectivity index (χ3n) is 4.88. The summed E-state index contributed by atoms with van der Waals surface area (Å²) in [6.45, 7) is 0.774. The largest absolute Gasteiger partial charge is 0.348 e.